The van der Waals surface area contributed by atoms with Crippen LogP contribution in [0.25, 0.3) is 0 Å². The van der Waals surface area contributed by atoms with Crippen molar-refractivity contribution in [2.75, 3.05) is 6.61 Å². The third-order valence-electron chi connectivity index (χ3n) is 6.15. The molecule has 9 atom stereocenters. The van der Waals surface area contributed by atoms with E-state index in [1.165, 1.54) is 0 Å². The van der Waals surface area contributed by atoms with Crippen LogP contribution in [0.4, 0.5) is 0 Å². The molecule has 154 valence electrons. The first-order valence-corrected chi connectivity index (χ1v) is 9.70. The quantitative estimate of drug-likeness (QED) is 0.455. The van der Waals surface area contributed by atoms with Crippen molar-refractivity contribution in [1.29, 1.82) is 0 Å². The summed E-state index contributed by atoms with van der Waals surface area (Å²) in [6, 6.07) is 0. The van der Waals surface area contributed by atoms with Gasteiger partial charge in [-0.05, 0) is 49.9 Å². The molecule has 0 radical (unpaired) electrons. The number of hydrogen-bond donors (Lipinski definition) is 5. The van der Waals surface area contributed by atoms with Gasteiger partial charge < -0.3 is 35.0 Å². The summed E-state index contributed by atoms with van der Waals surface area (Å²) in [5.41, 5.74) is 0.00531. The van der Waals surface area contributed by atoms with Gasteiger partial charge in [-0.1, -0.05) is 20.8 Å². The van der Waals surface area contributed by atoms with E-state index in [0.717, 1.165) is 25.7 Å². The van der Waals surface area contributed by atoms with Crippen LogP contribution in [0, 0.1) is 17.3 Å². The van der Waals surface area contributed by atoms with Crippen LogP contribution < -0.4 is 0 Å². The van der Waals surface area contributed by atoms with Gasteiger partial charge in [0.1, 0.15) is 24.4 Å². The van der Waals surface area contributed by atoms with E-state index in [4.69, 9.17) is 9.47 Å². The Kier molecular flexibility index (Phi) is 7.46. The first-order valence-electron chi connectivity index (χ1n) is 9.70. The molecule has 0 aromatic heterocycles. The van der Waals surface area contributed by atoms with E-state index in [0.29, 0.717) is 11.8 Å². The highest BCUT2D eigenvalue weighted by molar-refractivity contribution is 4.93. The fraction of sp³-hybridized carbons (Fsp3) is 1.00. The summed E-state index contributed by atoms with van der Waals surface area (Å²) >= 11 is 0. The summed E-state index contributed by atoms with van der Waals surface area (Å²) in [6.07, 6.45) is -3.34. The number of ether oxygens (including phenoxy) is 2. The van der Waals surface area contributed by atoms with Crippen molar-refractivity contribution in [1.82, 2.24) is 0 Å². The van der Waals surface area contributed by atoms with Crippen LogP contribution >= 0.6 is 0 Å². The van der Waals surface area contributed by atoms with Crippen LogP contribution in [0.1, 0.15) is 53.4 Å². The second kappa shape index (κ2) is 8.82. The molecule has 2 rings (SSSR count). The van der Waals surface area contributed by atoms with Gasteiger partial charge in [0.15, 0.2) is 6.29 Å². The number of aliphatic hydroxyl groups is 5. The standard InChI is InChI=1S/C19H36O7/c1-10-7-12(8-19(3,4)13(10)6-5-11(2)21)25-18-17(24)16(23)15(22)14(9-20)26-18/h10-18,20-24H,5-9H2,1-4H3/t10-,11-,12+,13+,14-,15-,16+,17?,18-/m1/s1. The summed E-state index contributed by atoms with van der Waals surface area (Å²) in [5, 5.41) is 48.9. The summed E-state index contributed by atoms with van der Waals surface area (Å²) in [5.74, 6) is 0.846. The van der Waals surface area contributed by atoms with Crippen LogP contribution in [0.2, 0.25) is 0 Å². The molecular formula is C19H36O7. The topological polar surface area (TPSA) is 120 Å². The minimum atomic E-state index is -1.42. The Labute approximate surface area is 155 Å². The molecule has 26 heavy (non-hydrogen) atoms. The average molecular weight is 376 g/mol. The molecule has 7 heteroatoms. The Morgan fingerprint density at radius 1 is 1.15 bits per heavy atom. The van der Waals surface area contributed by atoms with Gasteiger partial charge in [0.05, 0.1) is 18.8 Å². The van der Waals surface area contributed by atoms with Crippen molar-refractivity contribution in [2.24, 2.45) is 17.3 Å². The van der Waals surface area contributed by atoms with E-state index < -0.39 is 37.3 Å². The SMILES string of the molecule is C[C@@H]1C[C@H](O[C@@H]2O[C@H](CO)[C@@H](O)[C@H](O)C2O)CC(C)(C)[C@H]1CC[C@@H](C)O. The van der Waals surface area contributed by atoms with Gasteiger partial charge in [0, 0.05) is 0 Å². The fourth-order valence-electron chi connectivity index (χ4n) is 4.74. The lowest BCUT2D eigenvalue weighted by atomic mass is 9.61. The van der Waals surface area contributed by atoms with Crippen molar-refractivity contribution in [2.45, 2.75) is 96.3 Å². The number of aliphatic hydroxyl groups excluding tert-OH is 5. The molecule has 1 aliphatic heterocycles. The Hall–Kier alpha value is -0.280. The lowest BCUT2D eigenvalue weighted by Crippen LogP contribution is -2.60. The third-order valence-corrected chi connectivity index (χ3v) is 6.15. The van der Waals surface area contributed by atoms with Crippen molar-refractivity contribution in [3.8, 4) is 0 Å². The van der Waals surface area contributed by atoms with E-state index in [2.05, 4.69) is 20.8 Å². The molecule has 1 unspecified atom stereocenters. The largest absolute Gasteiger partial charge is 0.394 e. The molecule has 5 N–H and O–H groups in total. The Balaban J connectivity index is 2.00. The van der Waals surface area contributed by atoms with Gasteiger partial charge in [-0.2, -0.15) is 0 Å². The minimum absolute atomic E-state index is 0.00531. The average Bonchev–Trinajstić information content (AvgIpc) is 2.53. The van der Waals surface area contributed by atoms with Crippen LogP contribution in [-0.4, -0.2) is 75.1 Å². The molecule has 0 aromatic carbocycles. The molecular weight excluding hydrogens is 340 g/mol. The second-order valence-electron chi connectivity index (χ2n) is 8.89. The predicted molar refractivity (Wildman–Crippen MR) is 95.2 cm³/mol. The van der Waals surface area contributed by atoms with Gasteiger partial charge in [-0.15, -0.1) is 0 Å². The van der Waals surface area contributed by atoms with Crippen LogP contribution in [-0.2, 0) is 9.47 Å². The lowest BCUT2D eigenvalue weighted by molar-refractivity contribution is -0.316. The number of rotatable bonds is 6. The van der Waals surface area contributed by atoms with E-state index >= 15 is 0 Å². The van der Waals surface area contributed by atoms with Gasteiger partial charge in [-0.25, -0.2) is 0 Å². The normalized spacial score (nSPS) is 44.7. The van der Waals surface area contributed by atoms with Crippen LogP contribution in [0.5, 0.6) is 0 Å². The monoisotopic (exact) mass is 376 g/mol. The van der Waals surface area contributed by atoms with Crippen LogP contribution in [0.15, 0.2) is 0 Å². The molecule has 0 aromatic rings. The second-order valence-corrected chi connectivity index (χ2v) is 8.89. The molecule has 2 fully saturated rings. The zero-order chi connectivity index (χ0) is 19.6. The molecule has 1 saturated heterocycles. The smallest absolute Gasteiger partial charge is 0.186 e. The summed E-state index contributed by atoms with van der Waals surface area (Å²) in [7, 11) is 0. The maximum Gasteiger partial charge on any atom is 0.186 e. The summed E-state index contributed by atoms with van der Waals surface area (Å²) in [4.78, 5) is 0. The summed E-state index contributed by atoms with van der Waals surface area (Å²) in [6.45, 7) is 7.92. The zero-order valence-electron chi connectivity index (χ0n) is 16.3. The molecule has 1 heterocycles. The molecule has 0 amide bonds. The highest BCUT2D eigenvalue weighted by Crippen LogP contribution is 2.47. The Morgan fingerprint density at radius 3 is 2.35 bits per heavy atom. The predicted octanol–water partition coefficient (Wildman–Crippen LogP) is 0.405. The maximum absolute atomic E-state index is 10.2. The highest BCUT2D eigenvalue weighted by atomic mass is 16.7. The van der Waals surface area contributed by atoms with E-state index in [-0.39, 0.29) is 17.6 Å². The maximum atomic E-state index is 10.2. The lowest BCUT2D eigenvalue weighted by Gasteiger charge is -2.48. The van der Waals surface area contributed by atoms with Crippen LogP contribution in [0.3, 0.4) is 0 Å². The van der Waals surface area contributed by atoms with E-state index in [1.54, 1.807) is 0 Å². The molecule has 2 aliphatic rings. The van der Waals surface area contributed by atoms with Gasteiger partial charge in [0.25, 0.3) is 0 Å². The van der Waals surface area contributed by atoms with Gasteiger partial charge >= 0.3 is 0 Å². The van der Waals surface area contributed by atoms with Crippen molar-refractivity contribution in [3.63, 3.8) is 0 Å². The Morgan fingerprint density at radius 2 is 1.81 bits per heavy atom. The van der Waals surface area contributed by atoms with Gasteiger partial charge in [0.2, 0.25) is 0 Å². The molecule has 1 saturated carbocycles. The van der Waals surface area contributed by atoms with E-state index in [1.807, 2.05) is 6.92 Å². The van der Waals surface area contributed by atoms with E-state index in [9.17, 15) is 25.5 Å². The molecule has 7 nitrogen and oxygen atoms in total. The molecule has 1 aliphatic carbocycles. The molecule has 0 spiro atoms. The first kappa shape index (κ1) is 22.0. The fourth-order valence-corrected chi connectivity index (χ4v) is 4.74. The third kappa shape index (κ3) is 4.95. The minimum Gasteiger partial charge on any atom is -0.394 e. The highest BCUT2D eigenvalue weighted by Gasteiger charge is 2.47. The van der Waals surface area contributed by atoms with Gasteiger partial charge in [-0.3, -0.25) is 0 Å². The van der Waals surface area contributed by atoms with Crippen molar-refractivity contribution < 1.29 is 35.0 Å². The van der Waals surface area contributed by atoms with Crippen molar-refractivity contribution >= 4 is 0 Å². The zero-order valence-corrected chi connectivity index (χ0v) is 16.3. The number of hydrogen-bond acceptors (Lipinski definition) is 7. The summed E-state index contributed by atoms with van der Waals surface area (Å²) < 4.78 is 11.4. The Bertz CT molecular complexity index is 440. The van der Waals surface area contributed by atoms with Crippen molar-refractivity contribution in [3.05, 3.63) is 0 Å². The molecule has 0 bridgehead atoms. The first-order chi connectivity index (χ1) is 12.1.